The zero-order valence-corrected chi connectivity index (χ0v) is 14.6. The van der Waals surface area contributed by atoms with E-state index in [1.807, 2.05) is 37.6 Å². The van der Waals surface area contributed by atoms with Crippen LogP contribution < -0.4 is 15.4 Å². The number of amides is 1. The van der Waals surface area contributed by atoms with Crippen LogP contribution in [0.2, 0.25) is 0 Å². The van der Waals surface area contributed by atoms with E-state index in [2.05, 4.69) is 31.7 Å². The van der Waals surface area contributed by atoms with E-state index in [1.54, 1.807) is 11.8 Å². The molecule has 1 saturated heterocycles. The van der Waals surface area contributed by atoms with Crippen molar-refractivity contribution in [3.63, 3.8) is 0 Å². The minimum Gasteiger partial charge on any atom is -0.495 e. The van der Waals surface area contributed by atoms with Gasteiger partial charge in [0.2, 0.25) is 5.91 Å². The van der Waals surface area contributed by atoms with Gasteiger partial charge < -0.3 is 15.4 Å². The Morgan fingerprint density at radius 3 is 3.00 bits per heavy atom. The quantitative estimate of drug-likeness (QED) is 0.854. The highest BCUT2D eigenvalue weighted by atomic mass is 79.9. The number of methoxy groups -OCH3 is 1. The molecule has 7 heteroatoms. The molecular weight excluding hydrogens is 360 g/mol. The molecule has 0 bridgehead atoms. The number of aryl methyl sites for hydroxylation is 1. The number of hydrogen-bond acceptors (Lipinski definition) is 4. The van der Waals surface area contributed by atoms with Gasteiger partial charge in [0.1, 0.15) is 5.75 Å². The van der Waals surface area contributed by atoms with Crippen LogP contribution in [0.25, 0.3) is 0 Å². The van der Waals surface area contributed by atoms with Crippen LogP contribution in [0.5, 0.6) is 5.75 Å². The molecule has 2 N–H and O–H groups in total. The Morgan fingerprint density at radius 1 is 1.48 bits per heavy atom. The van der Waals surface area contributed by atoms with Gasteiger partial charge >= 0.3 is 0 Å². The highest BCUT2D eigenvalue weighted by molar-refractivity contribution is 9.10. The van der Waals surface area contributed by atoms with Crippen LogP contribution in [0.4, 0.5) is 5.69 Å². The van der Waals surface area contributed by atoms with E-state index in [-0.39, 0.29) is 17.7 Å². The van der Waals surface area contributed by atoms with Crippen LogP contribution in [0, 0.1) is 5.92 Å². The highest BCUT2D eigenvalue weighted by Crippen LogP contribution is 2.31. The molecule has 1 aliphatic rings. The molecule has 3 rings (SSSR count). The molecule has 1 amide bonds. The molecule has 23 heavy (non-hydrogen) atoms. The molecule has 0 unspecified atom stereocenters. The summed E-state index contributed by atoms with van der Waals surface area (Å²) >= 11 is 3.41. The Labute approximate surface area is 143 Å². The summed E-state index contributed by atoms with van der Waals surface area (Å²) in [7, 11) is 3.49. The van der Waals surface area contributed by atoms with Crippen molar-refractivity contribution in [2.45, 2.75) is 5.92 Å². The summed E-state index contributed by atoms with van der Waals surface area (Å²) in [6.07, 6.45) is 3.81. The van der Waals surface area contributed by atoms with Crippen molar-refractivity contribution >= 4 is 27.5 Å². The van der Waals surface area contributed by atoms with Crippen molar-refractivity contribution in [1.29, 1.82) is 0 Å². The third-order valence-electron chi connectivity index (χ3n) is 4.12. The summed E-state index contributed by atoms with van der Waals surface area (Å²) in [6, 6.07) is 5.52. The van der Waals surface area contributed by atoms with Gasteiger partial charge in [-0.05, 0) is 33.6 Å². The third kappa shape index (κ3) is 3.40. The Morgan fingerprint density at radius 2 is 2.30 bits per heavy atom. The van der Waals surface area contributed by atoms with Gasteiger partial charge in [0.05, 0.1) is 23.7 Å². The molecule has 122 valence electrons. The Kier molecular flexibility index (Phi) is 4.68. The normalized spacial score (nSPS) is 20.5. The average Bonchev–Trinajstić information content (AvgIpc) is 3.17. The molecule has 1 fully saturated rings. The molecule has 0 saturated carbocycles. The second-order valence-corrected chi connectivity index (χ2v) is 6.51. The number of nitrogens with zero attached hydrogens (tertiary/aromatic N) is 2. The van der Waals surface area contributed by atoms with Gasteiger partial charge in [0.25, 0.3) is 0 Å². The lowest BCUT2D eigenvalue weighted by Crippen LogP contribution is -2.28. The molecule has 1 aromatic carbocycles. The van der Waals surface area contributed by atoms with E-state index in [1.165, 1.54) is 0 Å². The summed E-state index contributed by atoms with van der Waals surface area (Å²) in [5, 5.41) is 10.5. The first-order chi connectivity index (χ1) is 11.1. The minimum absolute atomic E-state index is 0.00762. The molecule has 0 spiro atoms. The Bertz CT molecular complexity index is 716. The minimum atomic E-state index is -0.117. The van der Waals surface area contributed by atoms with E-state index < -0.39 is 0 Å². The predicted octanol–water partition coefficient (Wildman–Crippen LogP) is 2.13. The number of anilines is 1. The fourth-order valence-electron chi connectivity index (χ4n) is 2.91. The fourth-order valence-corrected chi connectivity index (χ4v) is 3.32. The van der Waals surface area contributed by atoms with Crippen molar-refractivity contribution in [3.05, 3.63) is 40.6 Å². The van der Waals surface area contributed by atoms with E-state index in [0.717, 1.165) is 22.3 Å². The summed E-state index contributed by atoms with van der Waals surface area (Å²) < 4.78 is 7.89. The average molecular weight is 379 g/mol. The van der Waals surface area contributed by atoms with Gasteiger partial charge in [0, 0.05) is 44.0 Å². The number of aromatic nitrogens is 2. The molecule has 1 aliphatic heterocycles. The number of ether oxygens (including phenoxy) is 1. The first-order valence-corrected chi connectivity index (χ1v) is 8.21. The lowest BCUT2D eigenvalue weighted by molar-refractivity contribution is -0.119. The summed E-state index contributed by atoms with van der Waals surface area (Å²) in [4.78, 5) is 12.7. The monoisotopic (exact) mass is 378 g/mol. The lowest BCUT2D eigenvalue weighted by atomic mass is 9.90. The van der Waals surface area contributed by atoms with Crippen LogP contribution in [-0.2, 0) is 11.8 Å². The highest BCUT2D eigenvalue weighted by Gasteiger charge is 2.34. The molecule has 0 radical (unpaired) electrons. The lowest BCUT2D eigenvalue weighted by Gasteiger charge is -2.17. The topological polar surface area (TPSA) is 68.2 Å². The molecule has 6 nitrogen and oxygen atoms in total. The largest absolute Gasteiger partial charge is 0.495 e. The second-order valence-electron chi connectivity index (χ2n) is 5.66. The number of benzene rings is 1. The molecular formula is C16H19BrN4O2. The van der Waals surface area contributed by atoms with Gasteiger partial charge in [-0.25, -0.2) is 0 Å². The number of halogens is 1. The van der Waals surface area contributed by atoms with Crippen molar-refractivity contribution in [1.82, 2.24) is 15.1 Å². The van der Waals surface area contributed by atoms with Gasteiger partial charge in [-0.3, -0.25) is 9.48 Å². The van der Waals surface area contributed by atoms with Crippen LogP contribution in [0.15, 0.2) is 35.1 Å². The fraction of sp³-hybridized carbons (Fsp3) is 0.375. The summed E-state index contributed by atoms with van der Waals surface area (Å²) in [6.45, 7) is 1.45. The number of nitrogens with one attached hydrogen (secondary N) is 2. The van der Waals surface area contributed by atoms with Gasteiger partial charge in [0.15, 0.2) is 0 Å². The third-order valence-corrected chi connectivity index (χ3v) is 4.78. The number of rotatable bonds is 4. The Hall–Kier alpha value is -1.86. The SMILES string of the molecule is COc1cc(NC(=O)[C@H]2CNC[C@@H]2c2cnn(C)c2)ccc1Br. The molecule has 2 atom stereocenters. The van der Waals surface area contributed by atoms with Crippen LogP contribution in [-0.4, -0.2) is 35.9 Å². The molecule has 1 aromatic heterocycles. The van der Waals surface area contributed by atoms with Crippen molar-refractivity contribution in [3.8, 4) is 5.75 Å². The van der Waals surface area contributed by atoms with E-state index >= 15 is 0 Å². The van der Waals surface area contributed by atoms with Gasteiger partial charge in [-0.2, -0.15) is 5.10 Å². The standard InChI is InChI=1S/C16H19BrN4O2/c1-21-9-10(6-19-21)12-7-18-8-13(12)16(22)20-11-3-4-14(17)15(5-11)23-2/h3-6,9,12-13,18H,7-8H2,1-2H3,(H,20,22)/t12-,13+/m1/s1. The van der Waals surface area contributed by atoms with Gasteiger partial charge in [-0.15, -0.1) is 0 Å². The molecule has 0 aliphatic carbocycles. The number of carbonyl (C=O) groups is 1. The van der Waals surface area contributed by atoms with Crippen LogP contribution in [0.1, 0.15) is 11.5 Å². The van der Waals surface area contributed by atoms with Crippen LogP contribution in [0.3, 0.4) is 0 Å². The van der Waals surface area contributed by atoms with Gasteiger partial charge in [-0.1, -0.05) is 0 Å². The maximum absolute atomic E-state index is 12.7. The maximum atomic E-state index is 12.7. The predicted molar refractivity (Wildman–Crippen MR) is 91.6 cm³/mol. The zero-order valence-electron chi connectivity index (χ0n) is 13.0. The number of carbonyl (C=O) groups excluding carboxylic acids is 1. The smallest absolute Gasteiger partial charge is 0.229 e. The van der Waals surface area contributed by atoms with Crippen molar-refractivity contribution in [2.75, 3.05) is 25.5 Å². The van der Waals surface area contributed by atoms with Crippen molar-refractivity contribution in [2.24, 2.45) is 13.0 Å². The summed E-state index contributed by atoms with van der Waals surface area (Å²) in [5.74, 6) is 0.722. The second kappa shape index (κ2) is 6.72. The van der Waals surface area contributed by atoms with Crippen LogP contribution >= 0.6 is 15.9 Å². The maximum Gasteiger partial charge on any atom is 0.229 e. The summed E-state index contributed by atoms with van der Waals surface area (Å²) in [5.41, 5.74) is 1.82. The molecule has 2 aromatic rings. The number of hydrogen-bond donors (Lipinski definition) is 2. The van der Waals surface area contributed by atoms with Crippen molar-refractivity contribution < 1.29 is 9.53 Å². The molecule has 2 heterocycles. The first kappa shape index (κ1) is 16.0. The Balaban J connectivity index is 1.74. The van der Waals surface area contributed by atoms with E-state index in [0.29, 0.717) is 12.3 Å². The zero-order chi connectivity index (χ0) is 16.4. The first-order valence-electron chi connectivity index (χ1n) is 7.42. The van der Waals surface area contributed by atoms with E-state index in [4.69, 9.17) is 4.74 Å². The van der Waals surface area contributed by atoms with E-state index in [9.17, 15) is 4.79 Å².